The molecular formula is C25H18N4O2. The van der Waals surface area contributed by atoms with Gasteiger partial charge >= 0.3 is 0 Å². The zero-order chi connectivity index (χ0) is 21.0. The predicted molar refractivity (Wildman–Crippen MR) is 119 cm³/mol. The Hall–Kier alpha value is -4.32. The van der Waals surface area contributed by atoms with E-state index in [0.717, 1.165) is 21.9 Å². The van der Waals surface area contributed by atoms with E-state index in [0.29, 0.717) is 29.4 Å². The van der Waals surface area contributed by atoms with Crippen LogP contribution in [0.3, 0.4) is 0 Å². The predicted octanol–water partition coefficient (Wildman–Crippen LogP) is 5.13. The molecule has 6 heteroatoms. The van der Waals surface area contributed by atoms with E-state index in [1.165, 1.54) is 0 Å². The summed E-state index contributed by atoms with van der Waals surface area (Å²) in [5.41, 5.74) is 2.99. The Bertz CT molecular complexity index is 1360. The second kappa shape index (κ2) is 8.20. The van der Waals surface area contributed by atoms with E-state index in [9.17, 15) is 4.79 Å². The highest BCUT2D eigenvalue weighted by atomic mass is 16.5. The highest BCUT2D eigenvalue weighted by Crippen LogP contribution is 2.22. The average Bonchev–Trinajstić information content (AvgIpc) is 3.29. The molecule has 0 aliphatic carbocycles. The zero-order valence-corrected chi connectivity index (χ0v) is 16.5. The van der Waals surface area contributed by atoms with E-state index < -0.39 is 0 Å². The van der Waals surface area contributed by atoms with Gasteiger partial charge in [-0.3, -0.25) is 9.78 Å². The largest absolute Gasteiger partial charge is 0.339 e. The molecule has 0 atom stereocenters. The summed E-state index contributed by atoms with van der Waals surface area (Å²) in [6.45, 7) is 0. The summed E-state index contributed by atoms with van der Waals surface area (Å²) < 4.78 is 5.41. The van der Waals surface area contributed by atoms with Crippen molar-refractivity contribution in [2.45, 2.75) is 6.42 Å². The number of nitrogens with zero attached hydrogens (tertiary/aromatic N) is 3. The third-order valence-corrected chi connectivity index (χ3v) is 5.01. The van der Waals surface area contributed by atoms with E-state index in [-0.39, 0.29) is 5.91 Å². The van der Waals surface area contributed by atoms with Gasteiger partial charge in [-0.2, -0.15) is 4.98 Å². The molecule has 0 radical (unpaired) electrons. The summed E-state index contributed by atoms with van der Waals surface area (Å²) in [6, 6.07) is 24.9. The first-order valence-corrected chi connectivity index (χ1v) is 9.87. The van der Waals surface area contributed by atoms with Crippen LogP contribution in [0.1, 0.15) is 21.8 Å². The van der Waals surface area contributed by atoms with Gasteiger partial charge in [0.05, 0.1) is 6.42 Å². The van der Waals surface area contributed by atoms with E-state index >= 15 is 0 Å². The first kappa shape index (κ1) is 18.7. The maximum atomic E-state index is 12.9. The van der Waals surface area contributed by atoms with Crippen molar-refractivity contribution < 1.29 is 9.32 Å². The molecule has 2 heterocycles. The summed E-state index contributed by atoms with van der Waals surface area (Å²) in [6.07, 6.45) is 3.78. The van der Waals surface area contributed by atoms with E-state index in [2.05, 4.69) is 20.4 Å². The van der Waals surface area contributed by atoms with E-state index in [1.807, 2.05) is 78.9 Å². The van der Waals surface area contributed by atoms with Crippen LogP contribution in [0.2, 0.25) is 0 Å². The maximum absolute atomic E-state index is 12.9. The molecule has 150 valence electrons. The van der Waals surface area contributed by atoms with Gasteiger partial charge in [0, 0.05) is 29.2 Å². The van der Waals surface area contributed by atoms with Crippen molar-refractivity contribution in [2.24, 2.45) is 0 Å². The van der Waals surface area contributed by atoms with Gasteiger partial charge in [0.25, 0.3) is 5.91 Å². The summed E-state index contributed by atoms with van der Waals surface area (Å²) in [5.74, 6) is 0.784. The van der Waals surface area contributed by atoms with Gasteiger partial charge in [-0.05, 0) is 46.7 Å². The number of nitrogens with one attached hydrogen (secondary N) is 1. The summed E-state index contributed by atoms with van der Waals surface area (Å²) >= 11 is 0. The van der Waals surface area contributed by atoms with Crippen molar-refractivity contribution in [2.75, 3.05) is 5.32 Å². The van der Waals surface area contributed by atoms with Crippen LogP contribution in [-0.2, 0) is 6.42 Å². The number of pyridine rings is 1. The Morgan fingerprint density at radius 1 is 0.903 bits per heavy atom. The molecule has 1 amide bonds. The monoisotopic (exact) mass is 406 g/mol. The Labute approximate surface area is 178 Å². The molecule has 0 aliphatic rings. The molecular weight excluding hydrogens is 388 g/mol. The molecule has 0 saturated carbocycles. The van der Waals surface area contributed by atoms with Crippen LogP contribution in [0, 0.1) is 0 Å². The third-order valence-electron chi connectivity index (χ3n) is 5.01. The number of hydrogen-bond acceptors (Lipinski definition) is 5. The van der Waals surface area contributed by atoms with E-state index in [1.54, 1.807) is 12.4 Å². The lowest BCUT2D eigenvalue weighted by atomic mass is 10.1. The van der Waals surface area contributed by atoms with Crippen LogP contribution in [-0.4, -0.2) is 21.0 Å². The SMILES string of the molecule is O=C(Nc1ccccc1Cc1nc(-c2cccnc2)no1)c1ccc2ccccc2c1. The second-order valence-electron chi connectivity index (χ2n) is 7.10. The van der Waals surface area contributed by atoms with Crippen LogP contribution in [0.15, 0.2) is 95.8 Å². The molecule has 2 aromatic heterocycles. The molecule has 0 unspecified atom stereocenters. The van der Waals surface area contributed by atoms with Gasteiger partial charge in [-0.25, -0.2) is 0 Å². The van der Waals surface area contributed by atoms with Crippen LogP contribution < -0.4 is 5.32 Å². The number of amides is 1. The quantitative estimate of drug-likeness (QED) is 0.438. The molecule has 5 rings (SSSR count). The number of carbonyl (C=O) groups excluding carboxylic acids is 1. The Kier molecular flexibility index (Phi) is 4.94. The molecule has 0 bridgehead atoms. The molecule has 0 saturated heterocycles. The lowest BCUT2D eigenvalue weighted by molar-refractivity contribution is 0.102. The Morgan fingerprint density at radius 3 is 2.61 bits per heavy atom. The van der Waals surface area contributed by atoms with Crippen molar-refractivity contribution in [1.82, 2.24) is 15.1 Å². The van der Waals surface area contributed by atoms with Crippen molar-refractivity contribution >= 4 is 22.4 Å². The average molecular weight is 406 g/mol. The summed E-state index contributed by atoms with van der Waals surface area (Å²) in [5, 5.41) is 9.17. The van der Waals surface area contributed by atoms with Crippen LogP contribution in [0.4, 0.5) is 5.69 Å². The number of fused-ring (bicyclic) bond motifs is 1. The number of para-hydroxylation sites is 1. The van der Waals surface area contributed by atoms with Crippen LogP contribution in [0.5, 0.6) is 0 Å². The Morgan fingerprint density at radius 2 is 1.74 bits per heavy atom. The lowest BCUT2D eigenvalue weighted by Crippen LogP contribution is -2.13. The standard InChI is InChI=1S/C25H18N4O2/c30-25(20-12-11-17-6-1-2-7-18(17)14-20)27-22-10-4-3-8-19(22)15-23-28-24(29-31-23)21-9-5-13-26-16-21/h1-14,16H,15H2,(H,27,30). The molecule has 3 aromatic carbocycles. The summed E-state index contributed by atoms with van der Waals surface area (Å²) in [4.78, 5) is 21.4. The topological polar surface area (TPSA) is 80.9 Å². The summed E-state index contributed by atoms with van der Waals surface area (Å²) in [7, 11) is 0. The van der Waals surface area contributed by atoms with Crippen molar-refractivity contribution in [3.05, 3.63) is 108 Å². The molecule has 1 N–H and O–H groups in total. The number of carbonyl (C=O) groups is 1. The number of anilines is 1. The van der Waals surface area contributed by atoms with Crippen LogP contribution >= 0.6 is 0 Å². The van der Waals surface area contributed by atoms with Crippen molar-refractivity contribution in [3.8, 4) is 11.4 Å². The fourth-order valence-corrected chi connectivity index (χ4v) is 3.42. The molecule has 0 spiro atoms. The van der Waals surface area contributed by atoms with Crippen LogP contribution in [0.25, 0.3) is 22.2 Å². The van der Waals surface area contributed by atoms with Gasteiger partial charge in [0.2, 0.25) is 11.7 Å². The minimum atomic E-state index is -0.167. The molecule has 31 heavy (non-hydrogen) atoms. The third kappa shape index (κ3) is 4.04. The number of hydrogen-bond donors (Lipinski definition) is 1. The first-order chi connectivity index (χ1) is 15.3. The number of aromatic nitrogens is 3. The lowest BCUT2D eigenvalue weighted by Gasteiger charge is -2.10. The normalized spacial score (nSPS) is 10.8. The van der Waals surface area contributed by atoms with Gasteiger partial charge in [-0.15, -0.1) is 0 Å². The Balaban J connectivity index is 1.37. The van der Waals surface area contributed by atoms with Gasteiger partial charge in [0.1, 0.15) is 0 Å². The van der Waals surface area contributed by atoms with Gasteiger partial charge in [-0.1, -0.05) is 53.7 Å². The highest BCUT2D eigenvalue weighted by molar-refractivity contribution is 6.06. The number of rotatable bonds is 5. The second-order valence-corrected chi connectivity index (χ2v) is 7.10. The van der Waals surface area contributed by atoms with E-state index in [4.69, 9.17) is 4.52 Å². The first-order valence-electron chi connectivity index (χ1n) is 9.87. The fraction of sp³-hybridized carbons (Fsp3) is 0.0400. The maximum Gasteiger partial charge on any atom is 0.255 e. The zero-order valence-electron chi connectivity index (χ0n) is 16.5. The smallest absolute Gasteiger partial charge is 0.255 e. The molecule has 5 aromatic rings. The molecule has 6 nitrogen and oxygen atoms in total. The van der Waals surface area contributed by atoms with Crippen molar-refractivity contribution in [3.63, 3.8) is 0 Å². The molecule has 0 fully saturated rings. The van der Waals surface area contributed by atoms with Gasteiger partial charge < -0.3 is 9.84 Å². The van der Waals surface area contributed by atoms with Crippen molar-refractivity contribution in [1.29, 1.82) is 0 Å². The minimum Gasteiger partial charge on any atom is -0.339 e. The highest BCUT2D eigenvalue weighted by Gasteiger charge is 2.14. The number of benzene rings is 3. The van der Waals surface area contributed by atoms with Gasteiger partial charge in [0.15, 0.2) is 0 Å². The molecule has 0 aliphatic heterocycles. The minimum absolute atomic E-state index is 0.167. The fourth-order valence-electron chi connectivity index (χ4n) is 3.42.